The quantitative estimate of drug-likeness (QED) is 0.0564. The minimum atomic E-state index is -6.07. The van der Waals surface area contributed by atoms with Gasteiger partial charge in [-0.1, -0.05) is 0 Å². The number of carbonyl (C=O) groups is 3. The van der Waals surface area contributed by atoms with E-state index in [1.807, 2.05) is 51.2 Å². The van der Waals surface area contributed by atoms with Crippen LogP contribution in [-0.4, -0.2) is 53.3 Å². The molecular weight excluding hydrogens is 965 g/mol. The van der Waals surface area contributed by atoms with Gasteiger partial charge in [-0.2, -0.15) is 8.78 Å². The zero-order valence-corrected chi connectivity index (χ0v) is 30.0. The van der Waals surface area contributed by atoms with Crippen molar-refractivity contribution in [2.45, 2.75) is 49.4 Å². The molecule has 0 heterocycles. The lowest BCUT2D eigenvalue weighted by atomic mass is 9.48. The molecule has 45 heavy (non-hydrogen) atoms. The van der Waals surface area contributed by atoms with Crippen LogP contribution in [0.2, 0.25) is 0 Å². The molecule has 242 valence electrons. The maximum absolute atomic E-state index is 13.7. The Labute approximate surface area is 295 Å². The van der Waals surface area contributed by atoms with Crippen LogP contribution < -0.4 is 4.74 Å². The van der Waals surface area contributed by atoms with Gasteiger partial charge in [0.2, 0.25) is 0 Å². The molecule has 2 unspecified atom stereocenters. The average Bonchev–Trinajstić information content (AvgIpc) is 2.91. The Balaban J connectivity index is 1.35. The highest BCUT2D eigenvalue weighted by Crippen LogP contribution is 2.63. The monoisotopic (exact) mass is 986 g/mol. The van der Waals surface area contributed by atoms with Crippen LogP contribution in [0.25, 0.3) is 0 Å². The molecule has 2 atom stereocenters. The summed E-state index contributed by atoms with van der Waals surface area (Å²) in [6, 6.07) is 6.72. The van der Waals surface area contributed by atoms with Crippen LogP contribution in [0.15, 0.2) is 30.3 Å². The van der Waals surface area contributed by atoms with Crippen LogP contribution in [-0.2, 0) is 24.4 Å². The average molecular weight is 986 g/mol. The number of ether oxygens (including phenoxy) is 3. The fourth-order valence-corrected chi connectivity index (χ4v) is 9.51. The number of rotatable bonds is 9. The predicted octanol–water partition coefficient (Wildman–Crippen LogP) is 5.80. The molecule has 0 aromatic heterocycles. The Morgan fingerprint density at radius 3 is 2.24 bits per heavy atom. The predicted molar refractivity (Wildman–Crippen MR) is 174 cm³/mol. The molecular formula is C27H21F2I3NO11S-. The second-order valence-corrected chi connectivity index (χ2v) is 16.5. The highest BCUT2D eigenvalue weighted by Gasteiger charge is 2.63. The normalized spacial score (nSPS) is 25.5. The van der Waals surface area contributed by atoms with Gasteiger partial charge in [-0.3, -0.25) is 14.9 Å². The zero-order chi connectivity index (χ0) is 33.1. The Morgan fingerprint density at radius 2 is 1.64 bits per heavy atom. The van der Waals surface area contributed by atoms with Crippen LogP contribution in [0, 0.1) is 38.1 Å². The summed E-state index contributed by atoms with van der Waals surface area (Å²) >= 11 is 6.10. The van der Waals surface area contributed by atoms with E-state index in [4.69, 9.17) is 9.47 Å². The first kappa shape index (κ1) is 34.5. The number of nitrogens with zero attached hydrogens (tertiary/aromatic N) is 1. The molecule has 4 saturated carbocycles. The largest absolute Gasteiger partial charge is 0.743 e. The van der Waals surface area contributed by atoms with Crippen molar-refractivity contribution in [2.75, 3.05) is 6.61 Å². The first-order chi connectivity index (χ1) is 20.8. The number of hydrogen-bond acceptors (Lipinski definition) is 11. The summed E-state index contributed by atoms with van der Waals surface area (Å²) in [5.74, 6) is -3.41. The number of alkyl halides is 2. The molecule has 12 nitrogen and oxygen atoms in total. The van der Waals surface area contributed by atoms with Crippen molar-refractivity contribution in [1.29, 1.82) is 0 Å². The van der Waals surface area contributed by atoms with Crippen LogP contribution >= 0.6 is 67.8 Å². The van der Waals surface area contributed by atoms with E-state index in [1.54, 1.807) is 6.07 Å². The maximum atomic E-state index is 13.7. The van der Waals surface area contributed by atoms with Gasteiger partial charge in [0, 0.05) is 17.1 Å². The van der Waals surface area contributed by atoms with Gasteiger partial charge in [-0.05, 0) is 136 Å². The van der Waals surface area contributed by atoms with Crippen LogP contribution in [0.3, 0.4) is 0 Å². The maximum Gasteiger partial charge on any atom is 0.367 e. The molecule has 4 aliphatic carbocycles. The first-order valence-electron chi connectivity index (χ1n) is 13.2. The number of nitro groups is 1. The summed E-state index contributed by atoms with van der Waals surface area (Å²) in [5.41, 5.74) is -3.47. The molecule has 18 heteroatoms. The number of benzene rings is 2. The molecule has 2 aromatic carbocycles. The molecule has 4 fully saturated rings. The number of esters is 3. The first-order valence-corrected chi connectivity index (χ1v) is 17.9. The molecule has 0 spiro atoms. The van der Waals surface area contributed by atoms with Gasteiger partial charge >= 0.3 is 23.2 Å². The van der Waals surface area contributed by atoms with E-state index in [1.165, 1.54) is 6.07 Å². The fourth-order valence-electron chi connectivity index (χ4n) is 6.93. The molecule has 4 bridgehead atoms. The third-order valence-corrected chi connectivity index (χ3v) is 12.8. The summed E-state index contributed by atoms with van der Waals surface area (Å²) < 4.78 is 78.1. The number of nitro benzene ring substituents is 1. The standard InChI is InChI=1S/C27H22F2I3NO11S/c28-27(29,45(39,40)41)12-42-24(36)25-7-13-3-14(8-25)10-26(9-13,11-25)44-23(35)17-2-1-16(6-20(17)33(37)38)43-22(34)18-4-15(30)5-19(31)21(18)32/h1-2,4-6,13-14H,3,7-12H2,(H,39,40,41)/p-1. The fraction of sp³-hybridized carbons (Fsp3) is 0.444. The second kappa shape index (κ2) is 12.3. The highest BCUT2D eigenvalue weighted by atomic mass is 127. The van der Waals surface area contributed by atoms with E-state index in [-0.39, 0.29) is 42.4 Å². The molecule has 4 aliphatic rings. The SMILES string of the molecule is O=C(OC12CC3CC(C1)CC(C(=O)OCC(F)(F)S(=O)(=O)[O-])(C3)C2)c1ccc(OC(=O)c2cc(I)cc(I)c2I)cc1[N+](=O)[O-]. The van der Waals surface area contributed by atoms with Gasteiger partial charge < -0.3 is 18.8 Å². The van der Waals surface area contributed by atoms with E-state index in [0.29, 0.717) is 22.8 Å². The van der Waals surface area contributed by atoms with Gasteiger partial charge in [0.05, 0.1) is 22.0 Å². The smallest absolute Gasteiger partial charge is 0.367 e. The Kier molecular flexibility index (Phi) is 9.47. The van der Waals surface area contributed by atoms with E-state index in [2.05, 4.69) is 27.3 Å². The van der Waals surface area contributed by atoms with E-state index in [9.17, 15) is 46.2 Å². The molecule has 0 saturated heterocycles. The minimum Gasteiger partial charge on any atom is -0.743 e. The minimum absolute atomic E-state index is 0.121. The lowest BCUT2D eigenvalue weighted by molar-refractivity contribution is -0.385. The summed E-state index contributed by atoms with van der Waals surface area (Å²) in [7, 11) is -6.07. The lowest BCUT2D eigenvalue weighted by Crippen LogP contribution is -2.60. The third kappa shape index (κ3) is 6.93. The number of carbonyl (C=O) groups excluding carboxylic acids is 3. The molecule has 0 N–H and O–H groups in total. The van der Waals surface area contributed by atoms with E-state index in [0.717, 1.165) is 19.3 Å². The molecule has 0 amide bonds. The van der Waals surface area contributed by atoms with Gasteiger partial charge in [0.25, 0.3) is 5.69 Å². The van der Waals surface area contributed by atoms with Gasteiger partial charge in [-0.15, -0.1) is 0 Å². The molecule has 0 aliphatic heterocycles. The number of hydrogen-bond donors (Lipinski definition) is 0. The van der Waals surface area contributed by atoms with Gasteiger partial charge in [0.15, 0.2) is 16.7 Å². The molecule has 0 radical (unpaired) electrons. The highest BCUT2D eigenvalue weighted by molar-refractivity contribution is 14.1. The van der Waals surface area contributed by atoms with E-state index >= 15 is 0 Å². The van der Waals surface area contributed by atoms with Crippen LogP contribution in [0.5, 0.6) is 5.75 Å². The second-order valence-electron chi connectivity index (χ2n) is 11.6. The Bertz CT molecular complexity index is 1720. The van der Waals surface area contributed by atoms with Crippen molar-refractivity contribution in [2.24, 2.45) is 17.3 Å². The Hall–Kier alpha value is -1.79. The summed E-state index contributed by atoms with van der Waals surface area (Å²) in [4.78, 5) is 50.5. The van der Waals surface area contributed by atoms with Gasteiger partial charge in [-0.25, -0.2) is 18.0 Å². The van der Waals surface area contributed by atoms with Crippen LogP contribution in [0.4, 0.5) is 14.5 Å². The molecule has 2 aromatic rings. The van der Waals surface area contributed by atoms with Crippen molar-refractivity contribution in [3.63, 3.8) is 0 Å². The topological polar surface area (TPSA) is 179 Å². The zero-order valence-electron chi connectivity index (χ0n) is 22.7. The summed E-state index contributed by atoms with van der Waals surface area (Å²) in [6.45, 7) is -1.94. The third-order valence-electron chi connectivity index (χ3n) is 8.30. The van der Waals surface area contributed by atoms with Crippen molar-refractivity contribution >= 4 is 101 Å². The van der Waals surface area contributed by atoms with Crippen LogP contribution in [0.1, 0.15) is 59.2 Å². The Morgan fingerprint density at radius 1 is 1.00 bits per heavy atom. The van der Waals surface area contributed by atoms with Gasteiger partial charge in [0.1, 0.15) is 16.9 Å². The molecule has 6 rings (SSSR count). The van der Waals surface area contributed by atoms with E-state index < -0.39 is 67.1 Å². The van der Waals surface area contributed by atoms with Crippen molar-refractivity contribution < 1.29 is 55.3 Å². The van der Waals surface area contributed by atoms with Crippen molar-refractivity contribution in [3.05, 3.63) is 62.3 Å². The summed E-state index contributed by atoms with van der Waals surface area (Å²) in [6.07, 6.45) is 1.67. The van der Waals surface area contributed by atoms with Crippen molar-refractivity contribution in [3.8, 4) is 5.75 Å². The lowest BCUT2D eigenvalue weighted by Gasteiger charge is -2.59. The number of halogens is 5. The van der Waals surface area contributed by atoms with Crippen molar-refractivity contribution in [1.82, 2.24) is 0 Å². The summed E-state index contributed by atoms with van der Waals surface area (Å²) in [5, 5.41) is 7.16.